The third-order valence-electron chi connectivity index (χ3n) is 0.859. The van der Waals surface area contributed by atoms with Crippen LogP contribution in [0.2, 0.25) is 0 Å². The number of rotatable bonds is 0. The lowest BCUT2D eigenvalue weighted by atomic mass is 10.4. The van der Waals surface area contributed by atoms with Crippen molar-refractivity contribution < 1.29 is 0 Å². The molecular weight excluding hydrogens is 62.1 g/mol. The highest BCUT2D eigenvalue weighted by molar-refractivity contribution is 5.23. The molecule has 5 heavy (non-hydrogen) atoms. The monoisotopic (exact) mass is 69.1 g/mol. The first-order chi connectivity index (χ1) is 2.30. The first kappa shape index (κ1) is 2.76. The number of nitrogens with two attached hydrogens (primary N) is 1. The average Bonchev–Trinajstić information content (AvgIpc) is 1.79. The normalized spacial score (nSPS) is 33.0. The summed E-state index contributed by atoms with van der Waals surface area (Å²) in [4.78, 5) is 0. The van der Waals surface area contributed by atoms with Crippen LogP contribution in [0.5, 0.6) is 0 Å². The van der Waals surface area contributed by atoms with Gasteiger partial charge in [-0.15, -0.1) is 0 Å². The van der Waals surface area contributed by atoms with E-state index in [9.17, 15) is 0 Å². The van der Waals surface area contributed by atoms with Gasteiger partial charge in [-0.3, -0.25) is 0 Å². The maximum atomic E-state index is 5.23. The van der Waals surface area contributed by atoms with Crippen LogP contribution in [0.1, 0.15) is 6.92 Å². The predicted octanol–water partition coefficient (Wildman–Crippen LogP) is 0.479. The van der Waals surface area contributed by atoms with Crippen LogP contribution in [-0.2, 0) is 0 Å². The number of hydrogen-bond acceptors (Lipinski definition) is 1. The van der Waals surface area contributed by atoms with E-state index in [1.165, 1.54) is 0 Å². The van der Waals surface area contributed by atoms with Gasteiger partial charge in [0, 0.05) is 11.6 Å². The van der Waals surface area contributed by atoms with Crippen molar-refractivity contribution in [2.75, 3.05) is 0 Å². The van der Waals surface area contributed by atoms with Crippen molar-refractivity contribution in [3.63, 3.8) is 0 Å². The van der Waals surface area contributed by atoms with Crippen LogP contribution in [-0.4, -0.2) is 0 Å². The first-order valence-corrected chi connectivity index (χ1v) is 1.78. The zero-order valence-corrected chi connectivity index (χ0v) is 3.23. The smallest absolute Gasteiger partial charge is 0.0153 e. The molecule has 0 aromatic heterocycles. The van der Waals surface area contributed by atoms with Crippen LogP contribution in [0.3, 0.4) is 0 Å². The maximum absolute atomic E-state index is 5.23. The second-order valence-electron chi connectivity index (χ2n) is 1.46. The first-order valence-electron chi connectivity index (χ1n) is 1.78. The van der Waals surface area contributed by atoms with E-state index in [2.05, 4.69) is 6.92 Å². The molecule has 0 bridgehead atoms. The molecule has 0 aromatic carbocycles. The molecule has 1 nitrogen and oxygen atoms in total. The summed E-state index contributed by atoms with van der Waals surface area (Å²) < 4.78 is 0. The van der Waals surface area contributed by atoms with E-state index in [4.69, 9.17) is 5.73 Å². The molecule has 0 aromatic rings. The predicted molar refractivity (Wildman–Crippen MR) is 21.4 cm³/mol. The minimum atomic E-state index is 0.620. The van der Waals surface area contributed by atoms with Gasteiger partial charge < -0.3 is 5.73 Å². The van der Waals surface area contributed by atoms with Gasteiger partial charge in [0.1, 0.15) is 0 Å². The lowest BCUT2D eigenvalue weighted by Gasteiger charge is -1.70. The van der Waals surface area contributed by atoms with Gasteiger partial charge in [-0.25, -0.2) is 0 Å². The molecule has 2 N–H and O–H groups in total. The second kappa shape index (κ2) is 0.534. The van der Waals surface area contributed by atoms with Crippen molar-refractivity contribution in [1.29, 1.82) is 0 Å². The molecule has 0 saturated carbocycles. The second-order valence-corrected chi connectivity index (χ2v) is 1.46. The average molecular weight is 69.1 g/mol. The zero-order chi connectivity index (χ0) is 3.86. The Labute approximate surface area is 31.5 Å². The van der Waals surface area contributed by atoms with Gasteiger partial charge in [-0.1, -0.05) is 13.0 Å². The molecule has 1 heteroatoms. The van der Waals surface area contributed by atoms with E-state index in [1.54, 1.807) is 0 Å². The molecule has 0 radical (unpaired) electrons. The van der Waals surface area contributed by atoms with E-state index in [-0.39, 0.29) is 0 Å². The van der Waals surface area contributed by atoms with E-state index in [1.807, 2.05) is 6.08 Å². The van der Waals surface area contributed by atoms with Crippen molar-refractivity contribution >= 4 is 0 Å². The van der Waals surface area contributed by atoms with E-state index >= 15 is 0 Å². The standard InChI is InChI=1S/C4H7N/c1-3-2-4(3)5/h2-3H,5H2,1H3. The molecule has 0 spiro atoms. The van der Waals surface area contributed by atoms with Crippen molar-refractivity contribution in [3.05, 3.63) is 11.8 Å². The highest BCUT2D eigenvalue weighted by Crippen LogP contribution is 2.20. The molecule has 0 amide bonds. The summed E-state index contributed by atoms with van der Waals surface area (Å²) in [6, 6.07) is 0. The SMILES string of the molecule is CC1C=C1N. The van der Waals surface area contributed by atoms with Crippen LogP contribution in [0.4, 0.5) is 0 Å². The summed E-state index contributed by atoms with van der Waals surface area (Å²) >= 11 is 0. The van der Waals surface area contributed by atoms with Crippen molar-refractivity contribution in [2.45, 2.75) is 6.92 Å². The van der Waals surface area contributed by atoms with E-state index in [0.717, 1.165) is 5.70 Å². The Morgan fingerprint density at radius 3 is 2.20 bits per heavy atom. The van der Waals surface area contributed by atoms with Crippen LogP contribution in [0, 0.1) is 5.92 Å². The summed E-state index contributed by atoms with van der Waals surface area (Å²) in [5.41, 5.74) is 6.27. The third kappa shape index (κ3) is 0.274. The molecular formula is C4H7N. The summed E-state index contributed by atoms with van der Waals surface area (Å²) in [7, 11) is 0. The van der Waals surface area contributed by atoms with Crippen molar-refractivity contribution in [3.8, 4) is 0 Å². The fourth-order valence-corrected chi connectivity index (χ4v) is 0.241. The fourth-order valence-electron chi connectivity index (χ4n) is 0.241. The Bertz CT molecular complexity index is 73.7. The van der Waals surface area contributed by atoms with Crippen molar-refractivity contribution in [1.82, 2.24) is 0 Å². The van der Waals surface area contributed by atoms with Gasteiger partial charge in [-0.2, -0.15) is 0 Å². The third-order valence-corrected chi connectivity index (χ3v) is 0.859. The van der Waals surface area contributed by atoms with Crippen LogP contribution < -0.4 is 5.73 Å². The molecule has 1 atom stereocenters. The molecule has 1 aliphatic carbocycles. The Morgan fingerprint density at radius 1 is 2.00 bits per heavy atom. The van der Waals surface area contributed by atoms with Gasteiger partial charge in [0.05, 0.1) is 0 Å². The lowest BCUT2D eigenvalue weighted by Crippen LogP contribution is -1.83. The minimum Gasteiger partial charge on any atom is -0.402 e. The zero-order valence-electron chi connectivity index (χ0n) is 3.23. The van der Waals surface area contributed by atoms with Gasteiger partial charge in [-0.05, 0) is 0 Å². The minimum absolute atomic E-state index is 0.620. The van der Waals surface area contributed by atoms with Crippen LogP contribution >= 0.6 is 0 Å². The van der Waals surface area contributed by atoms with Crippen molar-refractivity contribution in [2.24, 2.45) is 11.7 Å². The Morgan fingerprint density at radius 2 is 2.20 bits per heavy atom. The molecule has 1 unspecified atom stereocenters. The molecule has 0 saturated heterocycles. The molecule has 0 heterocycles. The highest BCUT2D eigenvalue weighted by Gasteiger charge is 2.12. The number of allylic oxidation sites excluding steroid dienone is 2. The summed E-state index contributed by atoms with van der Waals surface area (Å²) in [5.74, 6) is 0.620. The van der Waals surface area contributed by atoms with E-state index < -0.39 is 0 Å². The summed E-state index contributed by atoms with van der Waals surface area (Å²) in [6.45, 7) is 2.08. The topological polar surface area (TPSA) is 26.0 Å². The molecule has 1 aliphatic rings. The summed E-state index contributed by atoms with van der Waals surface area (Å²) in [5, 5.41) is 0. The Hall–Kier alpha value is -0.460. The van der Waals surface area contributed by atoms with Gasteiger partial charge >= 0.3 is 0 Å². The summed E-state index contributed by atoms with van der Waals surface area (Å²) in [6.07, 6.45) is 2.03. The molecule has 0 fully saturated rings. The van der Waals surface area contributed by atoms with Crippen LogP contribution in [0.25, 0.3) is 0 Å². The highest BCUT2D eigenvalue weighted by atomic mass is 14.6. The van der Waals surface area contributed by atoms with Crippen LogP contribution in [0.15, 0.2) is 11.8 Å². The fraction of sp³-hybridized carbons (Fsp3) is 0.500. The van der Waals surface area contributed by atoms with Gasteiger partial charge in [0.25, 0.3) is 0 Å². The lowest BCUT2D eigenvalue weighted by molar-refractivity contribution is 1.02. The molecule has 28 valence electrons. The van der Waals surface area contributed by atoms with Gasteiger partial charge in [0.15, 0.2) is 0 Å². The quantitative estimate of drug-likeness (QED) is 0.440. The number of hydrogen-bond donors (Lipinski definition) is 1. The Kier molecular flexibility index (Phi) is 0.295. The molecule has 1 rings (SSSR count). The largest absolute Gasteiger partial charge is 0.402 e. The maximum Gasteiger partial charge on any atom is 0.0153 e. The Balaban J connectivity index is 2.38. The molecule has 0 aliphatic heterocycles. The van der Waals surface area contributed by atoms with E-state index in [0.29, 0.717) is 5.92 Å². The van der Waals surface area contributed by atoms with Gasteiger partial charge in [0.2, 0.25) is 0 Å².